The van der Waals surface area contributed by atoms with E-state index in [1.807, 2.05) is 12.3 Å². The summed E-state index contributed by atoms with van der Waals surface area (Å²) in [4.78, 5) is 9.55. The van der Waals surface area contributed by atoms with Gasteiger partial charge in [-0.2, -0.15) is 6.07 Å². The first-order valence-electron chi connectivity index (χ1n) is 23.9. The predicted molar refractivity (Wildman–Crippen MR) is 283 cm³/mol. The average Bonchev–Trinajstić information content (AvgIpc) is 3.80. The van der Waals surface area contributed by atoms with Gasteiger partial charge in [-0.25, -0.2) is 4.98 Å². The zero-order chi connectivity index (χ0) is 48.0. The molecule has 1 aliphatic rings. The first-order valence-corrected chi connectivity index (χ1v) is 23.9. The molecule has 68 heavy (non-hydrogen) atoms. The summed E-state index contributed by atoms with van der Waals surface area (Å²) in [5.74, 6) is 2.10. The Kier molecular flexibility index (Phi) is 12.5. The SMILES string of the molecule is CC(C)(C)c1ccc(-c2cc(N3[CH-]N(c4[c-]c(Oc5[c-]c6c(cc5)c5ccc(C(C)(C)C)cc5n6-c5cc(C(C)(C)C)ccn5)cc(C(C)(C)C)c4)c4ccccc43)cc(C(C)(C)C)c2)cc1.[Pt]. The van der Waals surface area contributed by atoms with Crippen molar-refractivity contribution in [3.8, 4) is 28.4 Å². The largest absolute Gasteiger partial charge is 0.509 e. The van der Waals surface area contributed by atoms with Gasteiger partial charge in [0.05, 0.1) is 0 Å². The Bertz CT molecular complexity index is 3160. The van der Waals surface area contributed by atoms with E-state index in [-0.39, 0.29) is 48.1 Å². The molecule has 0 unspecified atom stereocenters. The van der Waals surface area contributed by atoms with Crippen LogP contribution < -0.4 is 14.5 Å². The maximum atomic E-state index is 6.91. The van der Waals surface area contributed by atoms with Gasteiger partial charge in [-0.15, -0.1) is 53.6 Å². The second kappa shape index (κ2) is 17.4. The van der Waals surface area contributed by atoms with E-state index >= 15 is 0 Å². The van der Waals surface area contributed by atoms with Crippen molar-refractivity contribution in [3.63, 3.8) is 0 Å². The van der Waals surface area contributed by atoms with E-state index in [1.54, 1.807) is 0 Å². The van der Waals surface area contributed by atoms with Gasteiger partial charge in [-0.1, -0.05) is 164 Å². The van der Waals surface area contributed by atoms with Crippen LogP contribution in [0, 0.1) is 18.8 Å². The van der Waals surface area contributed by atoms with Gasteiger partial charge in [-0.05, 0) is 108 Å². The van der Waals surface area contributed by atoms with E-state index in [0.717, 1.165) is 55.9 Å². The van der Waals surface area contributed by atoms with Crippen LogP contribution in [0.2, 0.25) is 0 Å². The summed E-state index contributed by atoms with van der Waals surface area (Å²) in [5, 5.41) is 2.26. The predicted octanol–water partition coefficient (Wildman–Crippen LogP) is 17.1. The molecular formula is C62H67N4OPt-3. The molecule has 354 valence electrons. The van der Waals surface area contributed by atoms with E-state index in [2.05, 4.69) is 252 Å². The van der Waals surface area contributed by atoms with E-state index in [4.69, 9.17) is 9.72 Å². The van der Waals surface area contributed by atoms with Gasteiger partial charge in [-0.3, -0.25) is 0 Å². The molecule has 0 N–H and O–H groups in total. The number of nitrogens with zero attached hydrogens (tertiary/aromatic N) is 4. The summed E-state index contributed by atoms with van der Waals surface area (Å²) in [5.41, 5.74) is 14.6. The number of anilines is 4. The van der Waals surface area contributed by atoms with Crippen LogP contribution in [0.4, 0.5) is 22.7 Å². The zero-order valence-corrected chi connectivity index (χ0v) is 45.0. The Hall–Kier alpha value is -5.64. The third kappa shape index (κ3) is 9.53. The molecular weight excluding hydrogens is 1010 g/mol. The molecule has 9 rings (SSSR count). The Balaban J connectivity index is 0.00000625. The van der Waals surface area contributed by atoms with Gasteiger partial charge in [0.15, 0.2) is 0 Å². The molecule has 8 aromatic rings. The van der Waals surface area contributed by atoms with Gasteiger partial charge < -0.3 is 19.1 Å². The van der Waals surface area contributed by atoms with Gasteiger partial charge in [0, 0.05) is 61.3 Å². The molecule has 5 nitrogen and oxygen atoms in total. The maximum Gasteiger partial charge on any atom is 0.135 e. The standard InChI is InChI=1S/C62H67N4O.Pt/c1-58(2,3)42-22-20-40(21-23-42)41-30-45(61(10,11)12)32-47(31-41)64-39-65(54-19-17-16-18-53(54)64)48-33-46(62(13,14)15)34-50(37-48)67-49-25-27-52-51-26-24-43(59(4,5)6)35-55(51)66(56(52)38-49)57-36-44(28-29-63-57)60(7,8)9;/h16-36,39H,1-15H3;/q-3;. The normalized spacial score (nSPS) is 13.6. The van der Waals surface area contributed by atoms with Crippen molar-refractivity contribution in [2.24, 2.45) is 0 Å². The molecule has 0 bridgehead atoms. The summed E-state index contributed by atoms with van der Waals surface area (Å²) in [6.45, 7) is 36.2. The van der Waals surface area contributed by atoms with Gasteiger partial charge >= 0.3 is 0 Å². The minimum absolute atomic E-state index is 0. The number of hydrogen-bond acceptors (Lipinski definition) is 4. The fourth-order valence-corrected chi connectivity index (χ4v) is 8.98. The monoisotopic (exact) mass is 1080 g/mol. The number of rotatable bonds is 6. The molecule has 3 heterocycles. The maximum absolute atomic E-state index is 6.91. The van der Waals surface area contributed by atoms with E-state index in [9.17, 15) is 0 Å². The van der Waals surface area contributed by atoms with Crippen LogP contribution in [-0.2, 0) is 48.1 Å². The van der Waals surface area contributed by atoms with Crippen LogP contribution in [0.15, 0.2) is 128 Å². The van der Waals surface area contributed by atoms with Crippen molar-refractivity contribution in [2.45, 2.75) is 131 Å². The van der Waals surface area contributed by atoms with Crippen LogP contribution in [0.1, 0.15) is 132 Å². The van der Waals surface area contributed by atoms with Crippen molar-refractivity contribution in [2.75, 3.05) is 9.80 Å². The molecule has 0 saturated heterocycles. The Labute approximate surface area is 420 Å². The molecule has 0 radical (unpaired) electrons. The van der Waals surface area contributed by atoms with Crippen LogP contribution in [0.3, 0.4) is 0 Å². The molecule has 0 fully saturated rings. The van der Waals surface area contributed by atoms with E-state index < -0.39 is 0 Å². The van der Waals surface area contributed by atoms with Gasteiger partial charge in [0.1, 0.15) is 5.82 Å². The molecule has 1 aliphatic heterocycles. The number of pyridine rings is 1. The summed E-state index contributed by atoms with van der Waals surface area (Å²) in [6, 6.07) is 52.0. The zero-order valence-electron chi connectivity index (χ0n) is 42.7. The summed E-state index contributed by atoms with van der Waals surface area (Å²) in [6.07, 6.45) is 1.93. The Morgan fingerprint density at radius 1 is 0.471 bits per heavy atom. The van der Waals surface area contributed by atoms with Crippen molar-refractivity contribution in [1.29, 1.82) is 0 Å². The molecule has 6 heteroatoms. The Morgan fingerprint density at radius 2 is 1.04 bits per heavy atom. The summed E-state index contributed by atoms with van der Waals surface area (Å²) in [7, 11) is 0. The first kappa shape index (κ1) is 48.8. The van der Waals surface area contributed by atoms with E-state index in [1.165, 1.54) is 33.4 Å². The molecule has 0 aliphatic carbocycles. The minimum Gasteiger partial charge on any atom is -0.509 e. The summed E-state index contributed by atoms with van der Waals surface area (Å²) >= 11 is 0. The van der Waals surface area contributed by atoms with Crippen LogP contribution >= 0.6 is 0 Å². The van der Waals surface area contributed by atoms with Crippen LogP contribution in [0.5, 0.6) is 11.5 Å². The third-order valence-corrected chi connectivity index (χ3v) is 13.3. The van der Waals surface area contributed by atoms with Crippen LogP contribution in [0.25, 0.3) is 38.8 Å². The average molecular weight is 1080 g/mol. The minimum atomic E-state index is -0.173. The first-order chi connectivity index (χ1) is 31.3. The van der Waals surface area contributed by atoms with Gasteiger partial charge in [0.2, 0.25) is 0 Å². The molecule has 6 aromatic carbocycles. The van der Waals surface area contributed by atoms with Gasteiger partial charge in [0.25, 0.3) is 0 Å². The number of hydrogen-bond donors (Lipinski definition) is 0. The number of aromatic nitrogens is 2. The van der Waals surface area contributed by atoms with Crippen LogP contribution in [-0.4, -0.2) is 9.55 Å². The fraction of sp³-hybridized carbons (Fsp3) is 0.323. The number of fused-ring (bicyclic) bond motifs is 4. The quantitative estimate of drug-likeness (QED) is 0.155. The number of para-hydroxylation sites is 2. The van der Waals surface area contributed by atoms with Crippen molar-refractivity contribution in [1.82, 2.24) is 9.55 Å². The van der Waals surface area contributed by atoms with E-state index in [0.29, 0.717) is 11.5 Å². The fourth-order valence-electron chi connectivity index (χ4n) is 8.98. The number of ether oxygens (including phenoxy) is 1. The topological polar surface area (TPSA) is 33.5 Å². The number of benzene rings is 6. The Morgan fingerprint density at radius 3 is 1.68 bits per heavy atom. The summed E-state index contributed by atoms with van der Waals surface area (Å²) < 4.78 is 9.17. The van der Waals surface area contributed by atoms with Crippen molar-refractivity contribution >= 4 is 44.6 Å². The van der Waals surface area contributed by atoms with Crippen molar-refractivity contribution < 1.29 is 25.8 Å². The second-order valence-corrected chi connectivity index (χ2v) is 23.7. The van der Waals surface area contributed by atoms with Crippen molar-refractivity contribution in [3.05, 3.63) is 174 Å². The molecule has 0 spiro atoms. The molecule has 0 atom stereocenters. The smallest absolute Gasteiger partial charge is 0.135 e. The molecule has 0 amide bonds. The second-order valence-electron chi connectivity index (χ2n) is 23.7. The molecule has 2 aromatic heterocycles. The molecule has 0 saturated carbocycles. The third-order valence-electron chi connectivity index (χ3n) is 13.3.